The lowest BCUT2D eigenvalue weighted by atomic mass is 10.1. The molecule has 0 spiro atoms. The minimum Gasteiger partial charge on any atom is -0.344 e. The summed E-state index contributed by atoms with van der Waals surface area (Å²) >= 11 is 0. The summed E-state index contributed by atoms with van der Waals surface area (Å²) in [5.41, 5.74) is 1.00. The second kappa shape index (κ2) is 8.09. The van der Waals surface area contributed by atoms with Crippen LogP contribution in [0.15, 0.2) is 60.7 Å². The van der Waals surface area contributed by atoms with Crippen molar-refractivity contribution < 1.29 is 13.9 Å². The van der Waals surface area contributed by atoms with Crippen molar-refractivity contribution in [3.8, 4) is 0 Å². The standard InChI is InChI=1S/C18H22NO3P/c1-3-22-23(21,17-12-8-5-9-13-17)18(19-15(2)20)14-16-10-6-4-7-11-16/h4-13,18H,3,14H2,1-2H3,(H,19,20). The van der Waals surface area contributed by atoms with Crippen LogP contribution in [0.25, 0.3) is 0 Å². The molecule has 2 aromatic carbocycles. The lowest BCUT2D eigenvalue weighted by molar-refractivity contribution is -0.119. The van der Waals surface area contributed by atoms with E-state index in [-0.39, 0.29) is 5.91 Å². The van der Waals surface area contributed by atoms with Crippen LogP contribution in [0.2, 0.25) is 0 Å². The maximum absolute atomic E-state index is 13.6. The molecule has 0 fully saturated rings. The minimum absolute atomic E-state index is 0.221. The molecule has 0 aliphatic rings. The lowest BCUT2D eigenvalue weighted by Crippen LogP contribution is -2.38. The average molecular weight is 331 g/mol. The largest absolute Gasteiger partial charge is 0.344 e. The summed E-state index contributed by atoms with van der Waals surface area (Å²) < 4.78 is 19.3. The van der Waals surface area contributed by atoms with Gasteiger partial charge in [-0.3, -0.25) is 9.36 Å². The van der Waals surface area contributed by atoms with Gasteiger partial charge in [-0.05, 0) is 24.6 Å². The molecule has 0 aliphatic carbocycles. The van der Waals surface area contributed by atoms with Gasteiger partial charge in [0.05, 0.1) is 6.61 Å². The predicted molar refractivity (Wildman–Crippen MR) is 93.1 cm³/mol. The van der Waals surface area contributed by atoms with Gasteiger partial charge in [0.25, 0.3) is 7.37 Å². The number of hydrogen-bond donors (Lipinski definition) is 1. The molecule has 0 radical (unpaired) electrons. The Hall–Kier alpha value is -1.90. The monoisotopic (exact) mass is 331 g/mol. The third-order valence-corrected chi connectivity index (χ3v) is 6.28. The summed E-state index contributed by atoms with van der Waals surface area (Å²) in [6.07, 6.45) is 0.451. The Balaban J connectivity index is 2.40. The molecule has 0 heterocycles. The van der Waals surface area contributed by atoms with Gasteiger partial charge < -0.3 is 9.84 Å². The van der Waals surface area contributed by atoms with E-state index in [0.29, 0.717) is 18.3 Å². The van der Waals surface area contributed by atoms with E-state index in [4.69, 9.17) is 4.52 Å². The van der Waals surface area contributed by atoms with Crippen LogP contribution in [0.1, 0.15) is 19.4 Å². The molecule has 122 valence electrons. The second-order valence-corrected chi connectivity index (χ2v) is 7.85. The molecule has 4 nitrogen and oxygen atoms in total. The molecule has 0 bridgehead atoms. The Bertz CT molecular complexity index is 673. The molecule has 1 amide bonds. The van der Waals surface area contributed by atoms with E-state index in [1.807, 2.05) is 55.5 Å². The lowest BCUT2D eigenvalue weighted by Gasteiger charge is -2.28. The van der Waals surface area contributed by atoms with Crippen LogP contribution in [-0.2, 0) is 20.3 Å². The number of nitrogens with one attached hydrogen (secondary N) is 1. The number of hydrogen-bond acceptors (Lipinski definition) is 3. The van der Waals surface area contributed by atoms with Gasteiger partial charge in [-0.15, -0.1) is 0 Å². The molecule has 2 atom stereocenters. The molecule has 0 saturated carbocycles. The van der Waals surface area contributed by atoms with Crippen molar-refractivity contribution in [2.45, 2.75) is 26.1 Å². The van der Waals surface area contributed by atoms with Crippen molar-refractivity contribution in [1.82, 2.24) is 5.32 Å². The molecule has 1 N–H and O–H groups in total. The number of carbonyl (C=O) groups excluding carboxylic acids is 1. The first-order valence-electron chi connectivity index (χ1n) is 7.67. The maximum atomic E-state index is 13.6. The summed E-state index contributed by atoms with van der Waals surface area (Å²) in [7, 11) is -3.23. The van der Waals surface area contributed by atoms with E-state index in [9.17, 15) is 9.36 Å². The highest BCUT2D eigenvalue weighted by Gasteiger charge is 2.36. The molecule has 0 aromatic heterocycles. The van der Waals surface area contributed by atoms with E-state index in [1.54, 1.807) is 12.1 Å². The van der Waals surface area contributed by atoms with Gasteiger partial charge in [0.2, 0.25) is 5.91 Å². The second-order valence-electron chi connectivity index (χ2n) is 5.26. The summed E-state index contributed by atoms with van der Waals surface area (Å²) in [5, 5.41) is 3.45. The quantitative estimate of drug-likeness (QED) is 0.792. The summed E-state index contributed by atoms with van der Waals surface area (Å²) in [6, 6.07) is 18.8. The van der Waals surface area contributed by atoms with Crippen LogP contribution in [0.4, 0.5) is 0 Å². The van der Waals surface area contributed by atoms with E-state index >= 15 is 0 Å². The van der Waals surface area contributed by atoms with Gasteiger partial charge in [0.1, 0.15) is 5.78 Å². The topological polar surface area (TPSA) is 55.4 Å². The Labute approximate surface area is 137 Å². The highest BCUT2D eigenvalue weighted by Crippen LogP contribution is 2.50. The van der Waals surface area contributed by atoms with Crippen LogP contribution >= 0.6 is 7.37 Å². The van der Waals surface area contributed by atoms with E-state index < -0.39 is 13.2 Å². The number of benzene rings is 2. The van der Waals surface area contributed by atoms with Crippen LogP contribution in [0, 0.1) is 0 Å². The number of amides is 1. The molecule has 0 saturated heterocycles. The zero-order valence-electron chi connectivity index (χ0n) is 13.4. The molecular formula is C18H22NO3P. The van der Waals surface area contributed by atoms with Gasteiger partial charge >= 0.3 is 0 Å². The number of rotatable bonds is 7. The number of carbonyl (C=O) groups is 1. The minimum atomic E-state index is -3.23. The Morgan fingerprint density at radius 1 is 1.09 bits per heavy atom. The van der Waals surface area contributed by atoms with Crippen molar-refractivity contribution >= 4 is 18.6 Å². The van der Waals surface area contributed by atoms with Crippen LogP contribution < -0.4 is 10.6 Å². The highest BCUT2D eigenvalue weighted by atomic mass is 31.2. The van der Waals surface area contributed by atoms with Crippen molar-refractivity contribution in [3.05, 3.63) is 66.2 Å². The van der Waals surface area contributed by atoms with Gasteiger partial charge in [-0.2, -0.15) is 0 Å². The summed E-state index contributed by atoms with van der Waals surface area (Å²) in [4.78, 5) is 11.6. The normalized spacial score (nSPS) is 14.7. The first-order chi connectivity index (χ1) is 11.1. The van der Waals surface area contributed by atoms with Gasteiger partial charge in [-0.1, -0.05) is 48.5 Å². The van der Waals surface area contributed by atoms with Gasteiger partial charge in [0, 0.05) is 18.6 Å². The van der Waals surface area contributed by atoms with Gasteiger partial charge in [-0.25, -0.2) is 0 Å². The molecule has 2 aromatic rings. The molecule has 23 heavy (non-hydrogen) atoms. The third-order valence-electron chi connectivity index (χ3n) is 3.49. The van der Waals surface area contributed by atoms with Gasteiger partial charge in [0.15, 0.2) is 0 Å². The van der Waals surface area contributed by atoms with Crippen molar-refractivity contribution in [3.63, 3.8) is 0 Å². The molecule has 2 unspecified atom stereocenters. The van der Waals surface area contributed by atoms with Crippen molar-refractivity contribution in [2.75, 3.05) is 6.61 Å². The fraction of sp³-hybridized carbons (Fsp3) is 0.278. The first-order valence-corrected chi connectivity index (χ1v) is 9.36. The fourth-order valence-electron chi connectivity index (χ4n) is 2.50. The SMILES string of the molecule is CCOP(=O)(c1ccccc1)C(Cc1ccccc1)NC(C)=O. The molecule has 0 aliphatic heterocycles. The predicted octanol–water partition coefficient (Wildman–Crippen LogP) is 3.33. The van der Waals surface area contributed by atoms with E-state index in [0.717, 1.165) is 5.56 Å². The zero-order valence-corrected chi connectivity index (χ0v) is 14.3. The van der Waals surface area contributed by atoms with E-state index in [2.05, 4.69) is 5.32 Å². The average Bonchev–Trinajstić information content (AvgIpc) is 2.56. The van der Waals surface area contributed by atoms with Crippen molar-refractivity contribution in [2.24, 2.45) is 0 Å². The maximum Gasteiger partial charge on any atom is 0.254 e. The summed E-state index contributed by atoms with van der Waals surface area (Å²) in [5.74, 6) is -0.813. The highest BCUT2D eigenvalue weighted by molar-refractivity contribution is 7.67. The third kappa shape index (κ3) is 4.54. The van der Waals surface area contributed by atoms with Crippen molar-refractivity contribution in [1.29, 1.82) is 0 Å². The summed E-state index contributed by atoms with van der Waals surface area (Å²) in [6.45, 7) is 3.55. The molecule has 5 heteroatoms. The first kappa shape index (κ1) is 17.5. The Morgan fingerprint density at radius 3 is 2.17 bits per heavy atom. The van der Waals surface area contributed by atoms with Crippen LogP contribution in [0.5, 0.6) is 0 Å². The molecular weight excluding hydrogens is 309 g/mol. The Kier molecular flexibility index (Phi) is 6.14. The van der Waals surface area contributed by atoms with Crippen LogP contribution in [-0.4, -0.2) is 18.3 Å². The van der Waals surface area contributed by atoms with E-state index in [1.165, 1.54) is 6.92 Å². The van der Waals surface area contributed by atoms with Crippen LogP contribution in [0.3, 0.4) is 0 Å². The smallest absolute Gasteiger partial charge is 0.254 e. The zero-order chi connectivity index (χ0) is 16.7. The Morgan fingerprint density at radius 2 is 1.65 bits per heavy atom. The molecule has 2 rings (SSSR count). The fourth-order valence-corrected chi connectivity index (χ4v) is 4.96.